The quantitative estimate of drug-likeness (QED) is 0.394. The van der Waals surface area contributed by atoms with E-state index in [2.05, 4.69) is 68.9 Å². The third kappa shape index (κ3) is 4.32. The van der Waals surface area contributed by atoms with Gasteiger partial charge in [0.1, 0.15) is 8.07 Å². The van der Waals surface area contributed by atoms with Gasteiger partial charge in [-0.25, -0.2) is 0 Å². The molecule has 0 aromatic heterocycles. The molecule has 0 saturated carbocycles. The Bertz CT molecular complexity index is 225. The van der Waals surface area contributed by atoms with Crippen molar-refractivity contribution >= 4 is 24.0 Å². The van der Waals surface area contributed by atoms with E-state index in [0.29, 0.717) is 0 Å². The van der Waals surface area contributed by atoms with Crippen LogP contribution in [-0.4, -0.2) is 13.4 Å². The van der Waals surface area contributed by atoms with Crippen LogP contribution in [0.3, 0.4) is 0 Å². The highest BCUT2D eigenvalue weighted by molar-refractivity contribution is 9.09. The van der Waals surface area contributed by atoms with Crippen LogP contribution >= 0.6 is 15.9 Å². The number of hydrogen-bond donors (Lipinski definition) is 0. The molecule has 0 bridgehead atoms. The summed E-state index contributed by atoms with van der Waals surface area (Å²) in [5.74, 6) is 4.06. The minimum Gasteiger partial charge on any atom is -0.130 e. The van der Waals surface area contributed by atoms with E-state index in [0.717, 1.165) is 22.3 Å². The smallest absolute Gasteiger partial charge is 0.130 e. The van der Waals surface area contributed by atoms with Crippen molar-refractivity contribution in [3.05, 3.63) is 0 Å². The predicted molar refractivity (Wildman–Crippen MR) is 77.2 cm³/mol. The van der Waals surface area contributed by atoms with Crippen LogP contribution in [0.5, 0.6) is 0 Å². The summed E-state index contributed by atoms with van der Waals surface area (Å²) in [6, 6.07) is 1.34. The second kappa shape index (κ2) is 6.76. The Morgan fingerprint density at radius 2 is 1.47 bits per heavy atom. The molecule has 0 aliphatic carbocycles. The molecule has 0 radical (unpaired) electrons. The van der Waals surface area contributed by atoms with Gasteiger partial charge in [-0.2, -0.15) is 0 Å². The lowest BCUT2D eigenvalue weighted by atomic mass is 10.3. The van der Waals surface area contributed by atoms with Crippen LogP contribution in [0.15, 0.2) is 0 Å². The molecule has 0 aromatic carbocycles. The molecule has 0 rings (SSSR count). The first-order chi connectivity index (χ1) is 6.86. The topological polar surface area (TPSA) is 0 Å². The van der Waals surface area contributed by atoms with Crippen LogP contribution in [-0.2, 0) is 0 Å². The molecule has 15 heavy (non-hydrogen) atoms. The summed E-state index contributed by atoms with van der Waals surface area (Å²) in [6.07, 6.45) is 0. The van der Waals surface area contributed by atoms with Gasteiger partial charge in [0.15, 0.2) is 0 Å². The van der Waals surface area contributed by atoms with Gasteiger partial charge in [0.05, 0.1) is 5.33 Å². The largest absolute Gasteiger partial charge is 0.143 e. The van der Waals surface area contributed by atoms with Crippen molar-refractivity contribution in [1.29, 1.82) is 0 Å². The van der Waals surface area contributed by atoms with Crippen LogP contribution in [0.1, 0.15) is 41.5 Å². The van der Waals surface area contributed by atoms with Crippen molar-refractivity contribution in [2.45, 2.75) is 58.7 Å². The van der Waals surface area contributed by atoms with Gasteiger partial charge >= 0.3 is 0 Å². The van der Waals surface area contributed by atoms with Gasteiger partial charge in [0.2, 0.25) is 0 Å². The summed E-state index contributed by atoms with van der Waals surface area (Å²) in [6.45, 7) is 14.1. The summed E-state index contributed by atoms with van der Waals surface area (Å²) in [7, 11) is -1.43. The lowest BCUT2D eigenvalue weighted by Crippen LogP contribution is -2.41. The molecule has 0 heterocycles. The molecule has 0 spiro atoms. The predicted octanol–water partition coefficient (Wildman–Crippen LogP) is 4.85. The van der Waals surface area contributed by atoms with E-state index < -0.39 is 8.07 Å². The second-order valence-electron chi connectivity index (χ2n) is 5.38. The molecule has 0 fully saturated rings. The highest BCUT2D eigenvalue weighted by Gasteiger charge is 2.38. The summed E-state index contributed by atoms with van der Waals surface area (Å²) < 4.78 is 0. The molecule has 0 N–H and O–H groups in total. The van der Waals surface area contributed by atoms with Crippen LogP contribution in [0.4, 0.5) is 0 Å². The maximum absolute atomic E-state index is 3.66. The van der Waals surface area contributed by atoms with Gasteiger partial charge < -0.3 is 0 Å². The summed E-state index contributed by atoms with van der Waals surface area (Å²) in [5.41, 5.74) is 5.17. The Labute approximate surface area is 105 Å². The highest BCUT2D eigenvalue weighted by atomic mass is 79.9. The van der Waals surface area contributed by atoms with Crippen molar-refractivity contribution in [3.63, 3.8) is 0 Å². The first kappa shape index (κ1) is 15.3. The van der Waals surface area contributed by atoms with Crippen LogP contribution in [0.2, 0.25) is 17.1 Å². The summed E-state index contributed by atoms with van der Waals surface area (Å²) >= 11 is 3.42. The van der Waals surface area contributed by atoms with Gasteiger partial charge in [0, 0.05) is 0 Å². The molecule has 88 valence electrons. The molecular weight excluding hydrogens is 264 g/mol. The van der Waals surface area contributed by atoms with Gasteiger partial charge in [0.25, 0.3) is 0 Å². The molecule has 0 saturated heterocycles. The van der Waals surface area contributed by atoms with Crippen molar-refractivity contribution < 1.29 is 0 Å². The lowest BCUT2D eigenvalue weighted by Gasteiger charge is -2.35. The zero-order valence-corrected chi connectivity index (χ0v) is 13.6. The third-order valence-corrected chi connectivity index (χ3v) is 9.73. The fourth-order valence-electron chi connectivity index (χ4n) is 2.35. The molecule has 0 nitrogen and oxygen atoms in total. The van der Waals surface area contributed by atoms with Gasteiger partial charge in [-0.05, 0) is 23.0 Å². The molecule has 2 heteroatoms. The Morgan fingerprint density at radius 1 is 1.00 bits per heavy atom. The van der Waals surface area contributed by atoms with Crippen molar-refractivity contribution in [2.75, 3.05) is 5.33 Å². The average molecular weight is 289 g/mol. The van der Waals surface area contributed by atoms with Crippen LogP contribution in [0.25, 0.3) is 0 Å². The zero-order valence-electron chi connectivity index (χ0n) is 11.0. The molecule has 0 unspecified atom stereocenters. The second-order valence-corrected chi connectivity index (χ2v) is 11.0. The maximum atomic E-state index is 3.66. The molecular formula is C13H25BrSi. The first-order valence-electron chi connectivity index (χ1n) is 5.92. The fourth-order valence-corrected chi connectivity index (χ4v) is 7.47. The number of rotatable bonds is 4. The SMILES string of the molecule is CC(C)C[Si](C#CCBr)(C(C)C)C(C)C. The van der Waals surface area contributed by atoms with E-state index >= 15 is 0 Å². The monoisotopic (exact) mass is 288 g/mol. The van der Waals surface area contributed by atoms with Gasteiger partial charge in [-0.15, -0.1) is 5.54 Å². The zero-order chi connectivity index (χ0) is 12.1. The minimum atomic E-state index is -1.43. The molecule has 0 aliphatic rings. The lowest BCUT2D eigenvalue weighted by molar-refractivity contribution is 0.698. The Balaban J connectivity index is 5.08. The Kier molecular flexibility index (Phi) is 6.87. The minimum absolute atomic E-state index is 0.756. The molecule has 0 amide bonds. The van der Waals surface area contributed by atoms with E-state index in [9.17, 15) is 0 Å². The number of halogens is 1. The van der Waals surface area contributed by atoms with Crippen molar-refractivity contribution in [3.8, 4) is 11.5 Å². The van der Waals surface area contributed by atoms with Crippen molar-refractivity contribution in [1.82, 2.24) is 0 Å². The number of hydrogen-bond acceptors (Lipinski definition) is 0. The number of alkyl halides is 1. The van der Waals surface area contributed by atoms with E-state index in [-0.39, 0.29) is 0 Å². The van der Waals surface area contributed by atoms with E-state index in [1.807, 2.05) is 0 Å². The summed E-state index contributed by atoms with van der Waals surface area (Å²) in [5, 5.41) is 0.819. The molecule has 0 atom stereocenters. The fraction of sp³-hybridized carbons (Fsp3) is 0.846. The van der Waals surface area contributed by atoms with E-state index in [4.69, 9.17) is 0 Å². The molecule has 0 aromatic rings. The summed E-state index contributed by atoms with van der Waals surface area (Å²) in [4.78, 5) is 0. The Morgan fingerprint density at radius 3 is 1.73 bits per heavy atom. The Hall–Kier alpha value is 0.257. The van der Waals surface area contributed by atoms with Gasteiger partial charge in [-0.3, -0.25) is 0 Å². The normalized spacial score (nSPS) is 12.1. The van der Waals surface area contributed by atoms with Crippen molar-refractivity contribution in [2.24, 2.45) is 5.92 Å². The maximum Gasteiger partial charge on any atom is 0.143 e. The molecule has 0 aliphatic heterocycles. The van der Waals surface area contributed by atoms with E-state index in [1.165, 1.54) is 6.04 Å². The highest BCUT2D eigenvalue weighted by Crippen LogP contribution is 2.37. The van der Waals surface area contributed by atoms with Crippen LogP contribution in [0, 0.1) is 17.4 Å². The first-order valence-corrected chi connectivity index (χ1v) is 9.41. The van der Waals surface area contributed by atoms with Crippen LogP contribution < -0.4 is 0 Å². The average Bonchev–Trinajstić information content (AvgIpc) is 2.10. The standard InChI is InChI=1S/C13H25BrSi/c1-11(2)10-15(12(3)4,13(5)6)9-7-8-14/h11-13H,8,10H2,1-6H3. The van der Waals surface area contributed by atoms with E-state index in [1.54, 1.807) is 0 Å². The van der Waals surface area contributed by atoms with Gasteiger partial charge in [-0.1, -0.05) is 63.4 Å². The third-order valence-electron chi connectivity index (χ3n) is 3.19.